The number of amides is 1. The van der Waals surface area contributed by atoms with Crippen molar-refractivity contribution in [3.8, 4) is 6.07 Å². The van der Waals surface area contributed by atoms with Crippen molar-refractivity contribution in [3.63, 3.8) is 0 Å². The molecule has 1 aromatic heterocycles. The Balaban J connectivity index is 2.11. The summed E-state index contributed by atoms with van der Waals surface area (Å²) in [6.45, 7) is 3.52. The number of hydrogen-bond donors (Lipinski definition) is 1. The fraction of sp³-hybridized carbons (Fsp3) is 0.222. The van der Waals surface area contributed by atoms with Gasteiger partial charge < -0.3 is 10.1 Å². The molecule has 1 heterocycles. The molecule has 6 nitrogen and oxygen atoms in total. The number of para-hydroxylation sites is 1. The molecule has 8 heteroatoms. The summed E-state index contributed by atoms with van der Waals surface area (Å²) in [7, 11) is 0. The molecular weight excluding hydrogens is 357 g/mol. The van der Waals surface area contributed by atoms with Crippen molar-refractivity contribution in [2.24, 2.45) is 0 Å². The summed E-state index contributed by atoms with van der Waals surface area (Å²) < 4.78 is 18.5. The Morgan fingerprint density at radius 3 is 2.77 bits per heavy atom. The molecule has 0 aliphatic heterocycles. The average Bonchev–Trinajstić information content (AvgIpc) is 2.62. The molecule has 1 amide bonds. The predicted octanol–water partition coefficient (Wildman–Crippen LogP) is 3.31. The number of carbonyl (C=O) groups excluding carboxylic acids is 2. The van der Waals surface area contributed by atoms with Gasteiger partial charge in [-0.15, -0.1) is 0 Å². The molecule has 0 spiro atoms. The van der Waals surface area contributed by atoms with Gasteiger partial charge in [0.05, 0.1) is 34.9 Å². The van der Waals surface area contributed by atoms with Crippen molar-refractivity contribution in [1.29, 1.82) is 5.26 Å². The van der Waals surface area contributed by atoms with Gasteiger partial charge in [-0.2, -0.15) is 5.26 Å². The van der Waals surface area contributed by atoms with Crippen LogP contribution in [0.25, 0.3) is 0 Å². The van der Waals surface area contributed by atoms with E-state index >= 15 is 0 Å². The highest BCUT2D eigenvalue weighted by Gasteiger charge is 2.17. The summed E-state index contributed by atoms with van der Waals surface area (Å²) in [6, 6.07) is 9.19. The van der Waals surface area contributed by atoms with E-state index in [0.29, 0.717) is 10.7 Å². The highest BCUT2D eigenvalue weighted by molar-refractivity contribution is 8.00. The van der Waals surface area contributed by atoms with Crippen LogP contribution in [-0.2, 0) is 9.53 Å². The molecule has 0 radical (unpaired) electrons. The maximum atomic E-state index is 13.5. The highest BCUT2D eigenvalue weighted by Crippen LogP contribution is 2.24. The number of aromatic nitrogens is 1. The van der Waals surface area contributed by atoms with Crippen LogP contribution in [0.15, 0.2) is 35.4 Å². The number of thioether (sulfide) groups is 1. The van der Waals surface area contributed by atoms with Crippen LogP contribution >= 0.6 is 11.8 Å². The summed E-state index contributed by atoms with van der Waals surface area (Å²) in [6.07, 6.45) is 0. The zero-order valence-electron chi connectivity index (χ0n) is 14.2. The number of aryl methyl sites for hydroxylation is 1. The van der Waals surface area contributed by atoms with E-state index in [9.17, 15) is 19.2 Å². The Labute approximate surface area is 154 Å². The Morgan fingerprint density at radius 1 is 1.38 bits per heavy atom. The van der Waals surface area contributed by atoms with Gasteiger partial charge in [-0.3, -0.25) is 4.79 Å². The summed E-state index contributed by atoms with van der Waals surface area (Å²) >= 11 is 1.03. The van der Waals surface area contributed by atoms with Crippen LogP contribution < -0.4 is 5.32 Å². The molecule has 0 atom stereocenters. The minimum atomic E-state index is -0.553. The zero-order valence-corrected chi connectivity index (χ0v) is 15.0. The number of nitriles is 1. The average molecular weight is 373 g/mol. The molecule has 134 valence electrons. The van der Waals surface area contributed by atoms with Crippen molar-refractivity contribution in [1.82, 2.24) is 4.98 Å². The molecule has 0 fully saturated rings. The van der Waals surface area contributed by atoms with Crippen LogP contribution in [0.4, 0.5) is 10.1 Å². The Morgan fingerprint density at radius 2 is 2.12 bits per heavy atom. The van der Waals surface area contributed by atoms with Gasteiger partial charge in [0.2, 0.25) is 5.91 Å². The summed E-state index contributed by atoms with van der Waals surface area (Å²) in [5, 5.41) is 12.1. The number of ether oxygens (including phenoxy) is 1. The van der Waals surface area contributed by atoms with Crippen LogP contribution in [0.5, 0.6) is 0 Å². The molecule has 0 saturated heterocycles. The standard InChI is InChI=1S/C18H16FN3O3S/c1-3-25-18(24)13-8-12(9-20)17(21-11(13)2)26-10-16(23)22-15-7-5-4-6-14(15)19/h4-8H,3,10H2,1-2H3,(H,22,23). The first-order valence-electron chi connectivity index (χ1n) is 7.72. The van der Waals surface area contributed by atoms with Gasteiger partial charge in [-0.05, 0) is 32.0 Å². The molecule has 0 bridgehead atoms. The number of pyridine rings is 1. The molecule has 0 saturated carbocycles. The van der Waals surface area contributed by atoms with E-state index in [2.05, 4.69) is 10.3 Å². The topological polar surface area (TPSA) is 92.1 Å². The van der Waals surface area contributed by atoms with Crippen LogP contribution in [0.3, 0.4) is 0 Å². The third-order valence-corrected chi connectivity index (χ3v) is 4.27. The van der Waals surface area contributed by atoms with Gasteiger partial charge in [0.1, 0.15) is 16.9 Å². The van der Waals surface area contributed by atoms with E-state index < -0.39 is 17.7 Å². The van der Waals surface area contributed by atoms with Crippen molar-refractivity contribution in [3.05, 3.63) is 53.0 Å². The number of hydrogen-bond acceptors (Lipinski definition) is 6. The number of halogens is 1. The minimum Gasteiger partial charge on any atom is -0.462 e. The normalized spacial score (nSPS) is 10.1. The van der Waals surface area contributed by atoms with Gasteiger partial charge in [-0.25, -0.2) is 14.2 Å². The molecular formula is C18H16FN3O3S. The van der Waals surface area contributed by atoms with E-state index in [1.807, 2.05) is 6.07 Å². The summed E-state index contributed by atoms with van der Waals surface area (Å²) in [5.74, 6) is -1.58. The predicted molar refractivity (Wildman–Crippen MR) is 95.4 cm³/mol. The highest BCUT2D eigenvalue weighted by atomic mass is 32.2. The van der Waals surface area contributed by atoms with Crippen molar-refractivity contribution in [2.45, 2.75) is 18.9 Å². The van der Waals surface area contributed by atoms with E-state index in [4.69, 9.17) is 4.74 Å². The van der Waals surface area contributed by atoms with Crippen molar-refractivity contribution < 1.29 is 18.7 Å². The summed E-state index contributed by atoms with van der Waals surface area (Å²) in [5.41, 5.74) is 0.866. The molecule has 0 aliphatic rings. The van der Waals surface area contributed by atoms with Crippen molar-refractivity contribution >= 4 is 29.3 Å². The van der Waals surface area contributed by atoms with Crippen LogP contribution in [-0.4, -0.2) is 29.2 Å². The van der Waals surface area contributed by atoms with Gasteiger partial charge in [0, 0.05) is 0 Å². The van der Waals surface area contributed by atoms with Crippen molar-refractivity contribution in [2.75, 3.05) is 17.7 Å². The lowest BCUT2D eigenvalue weighted by Crippen LogP contribution is -2.15. The van der Waals surface area contributed by atoms with Gasteiger partial charge in [0.25, 0.3) is 0 Å². The summed E-state index contributed by atoms with van der Waals surface area (Å²) in [4.78, 5) is 28.1. The number of nitrogens with zero attached hydrogens (tertiary/aromatic N) is 2. The van der Waals surface area contributed by atoms with Gasteiger partial charge in [-0.1, -0.05) is 23.9 Å². The third-order valence-electron chi connectivity index (χ3n) is 3.28. The second-order valence-corrected chi connectivity index (χ2v) is 6.09. The minimum absolute atomic E-state index is 0.0613. The van der Waals surface area contributed by atoms with Gasteiger partial charge in [0.15, 0.2) is 0 Å². The number of rotatable bonds is 6. The number of benzene rings is 1. The monoisotopic (exact) mass is 373 g/mol. The maximum Gasteiger partial charge on any atom is 0.340 e. The SMILES string of the molecule is CCOC(=O)c1cc(C#N)c(SCC(=O)Nc2ccccc2F)nc1C. The molecule has 0 aliphatic carbocycles. The molecule has 26 heavy (non-hydrogen) atoms. The van der Waals surface area contributed by atoms with E-state index in [0.717, 1.165) is 11.8 Å². The molecule has 2 aromatic rings. The number of nitrogens with one attached hydrogen (secondary N) is 1. The van der Waals surface area contributed by atoms with Crippen LogP contribution in [0.2, 0.25) is 0 Å². The second kappa shape index (κ2) is 8.97. The first-order valence-corrected chi connectivity index (χ1v) is 8.70. The Bertz CT molecular complexity index is 880. The molecule has 2 rings (SSSR count). The first kappa shape index (κ1) is 19.4. The van der Waals surface area contributed by atoms with E-state index in [-0.39, 0.29) is 29.2 Å². The maximum absolute atomic E-state index is 13.5. The van der Waals surface area contributed by atoms with Crippen LogP contribution in [0, 0.1) is 24.1 Å². The lowest BCUT2D eigenvalue weighted by Gasteiger charge is -2.09. The quantitative estimate of drug-likeness (QED) is 0.617. The largest absolute Gasteiger partial charge is 0.462 e. The van der Waals surface area contributed by atoms with Gasteiger partial charge >= 0.3 is 5.97 Å². The van der Waals surface area contributed by atoms with Crippen LogP contribution in [0.1, 0.15) is 28.5 Å². The van der Waals surface area contributed by atoms with E-state index in [1.54, 1.807) is 19.9 Å². The first-order chi connectivity index (χ1) is 12.5. The Kier molecular flexibility index (Phi) is 6.69. The second-order valence-electron chi connectivity index (χ2n) is 5.12. The Hall–Kier alpha value is -2.92. The lowest BCUT2D eigenvalue weighted by molar-refractivity contribution is -0.113. The fourth-order valence-electron chi connectivity index (χ4n) is 2.07. The third kappa shape index (κ3) is 4.80. The zero-order chi connectivity index (χ0) is 19.1. The number of carbonyl (C=O) groups is 2. The van der Waals surface area contributed by atoms with E-state index in [1.165, 1.54) is 24.3 Å². The molecule has 0 unspecified atom stereocenters. The number of anilines is 1. The fourth-order valence-corrected chi connectivity index (χ4v) is 2.87. The lowest BCUT2D eigenvalue weighted by atomic mass is 10.1. The molecule has 1 aromatic carbocycles. The smallest absolute Gasteiger partial charge is 0.340 e. The molecule has 1 N–H and O–H groups in total. The number of esters is 1.